The third-order valence-electron chi connectivity index (χ3n) is 3.43. The van der Waals surface area contributed by atoms with E-state index >= 15 is 0 Å². The molecule has 0 radical (unpaired) electrons. The Bertz CT molecular complexity index is 1350. The van der Waals surface area contributed by atoms with Crippen LogP contribution in [0.4, 0.5) is 10.8 Å². The molecule has 0 saturated carbocycles. The molecular formula is C22H25N3O2S. The molecule has 0 fully saturated rings. The summed E-state index contributed by atoms with van der Waals surface area (Å²) in [6, 6.07) is 3.91. The molecule has 146 valence electrons. The van der Waals surface area contributed by atoms with Crippen molar-refractivity contribution in [2.75, 3.05) is 11.1 Å². The van der Waals surface area contributed by atoms with Crippen LogP contribution in [0, 0.1) is 0 Å². The highest BCUT2D eigenvalue weighted by Gasteiger charge is 2.08. The highest BCUT2D eigenvalue weighted by Crippen LogP contribution is 2.20. The number of carbonyl (C=O) groups excluding carboxylic acids is 1. The van der Waals surface area contributed by atoms with Crippen LogP contribution in [-0.2, 0) is 17.5 Å². The molecule has 0 bridgehead atoms. The Morgan fingerprint density at radius 3 is 2.75 bits per heavy atom. The number of thiazole rings is 1. The summed E-state index contributed by atoms with van der Waals surface area (Å²) in [6.45, 7) is 0. The second kappa shape index (κ2) is 10.0. The zero-order chi connectivity index (χ0) is 29.6. The van der Waals surface area contributed by atoms with Crippen LogP contribution < -0.4 is 11.1 Å². The average molecular weight is 407 g/mol. The van der Waals surface area contributed by atoms with Crippen molar-refractivity contribution in [3.63, 3.8) is 0 Å². The summed E-state index contributed by atoms with van der Waals surface area (Å²) in [5.74, 6) is -1.37. The number of anilines is 2. The van der Waals surface area contributed by atoms with Gasteiger partial charge in [-0.25, -0.2) is 4.98 Å². The normalized spacial score (nSPS) is 20.2. The van der Waals surface area contributed by atoms with Gasteiger partial charge in [0.15, 0.2) is 5.13 Å². The predicted octanol–water partition coefficient (Wildman–Crippen LogP) is 4.35. The molecule has 4 N–H and O–H groups in total. The first-order valence-corrected chi connectivity index (χ1v) is 9.14. The smallest absolute Gasteiger partial charge is 0.230 e. The summed E-state index contributed by atoms with van der Waals surface area (Å²) in [6.07, 6.45) is -12.3. The third kappa shape index (κ3) is 6.18. The molecule has 6 heteroatoms. The van der Waals surface area contributed by atoms with Gasteiger partial charge in [-0.3, -0.25) is 4.79 Å². The predicted molar refractivity (Wildman–Crippen MR) is 114 cm³/mol. The van der Waals surface area contributed by atoms with Gasteiger partial charge in [0.05, 0.1) is 25.0 Å². The van der Waals surface area contributed by atoms with Crippen LogP contribution in [0.1, 0.15) is 57.2 Å². The van der Waals surface area contributed by atoms with Gasteiger partial charge in [-0.1, -0.05) is 48.8 Å². The van der Waals surface area contributed by atoms with Gasteiger partial charge < -0.3 is 16.2 Å². The van der Waals surface area contributed by atoms with E-state index in [4.69, 9.17) is 20.8 Å². The van der Waals surface area contributed by atoms with Crippen LogP contribution in [0.2, 0.25) is 0 Å². The lowest BCUT2D eigenvalue weighted by molar-refractivity contribution is -0.115. The van der Waals surface area contributed by atoms with E-state index in [0.717, 1.165) is 11.3 Å². The maximum Gasteiger partial charge on any atom is 0.230 e. The number of aromatic nitrogens is 1. The monoisotopic (exact) mass is 406 g/mol. The molecule has 1 aromatic heterocycles. The first-order valence-electron chi connectivity index (χ1n) is 13.8. The van der Waals surface area contributed by atoms with Crippen LogP contribution in [0.3, 0.4) is 0 Å². The molecule has 1 heterocycles. The van der Waals surface area contributed by atoms with Crippen LogP contribution in [0.5, 0.6) is 0 Å². The van der Waals surface area contributed by atoms with E-state index in [1.54, 1.807) is 18.2 Å². The van der Waals surface area contributed by atoms with Crippen LogP contribution in [-0.4, -0.2) is 16.0 Å². The lowest BCUT2D eigenvalue weighted by Crippen LogP contribution is -2.14. The fourth-order valence-electron chi connectivity index (χ4n) is 2.15. The molecule has 0 saturated heterocycles. The maximum atomic E-state index is 12.7. The van der Waals surface area contributed by atoms with Crippen molar-refractivity contribution in [2.45, 2.75) is 38.0 Å². The first-order chi connectivity index (χ1) is 17.8. The Kier molecular flexibility index (Phi) is 3.64. The average Bonchev–Trinajstić information content (AvgIpc) is 3.31. The van der Waals surface area contributed by atoms with Crippen LogP contribution >= 0.6 is 11.3 Å². The van der Waals surface area contributed by atoms with Crippen molar-refractivity contribution in [3.8, 4) is 0 Å². The number of amides is 1. The largest absolute Gasteiger partial charge is 0.388 e. The molecule has 28 heavy (non-hydrogen) atoms. The zero-order valence-corrected chi connectivity index (χ0v) is 15.5. The van der Waals surface area contributed by atoms with E-state index in [1.807, 2.05) is 5.32 Å². The summed E-state index contributed by atoms with van der Waals surface area (Å²) in [5, 5.41) is 13.7. The van der Waals surface area contributed by atoms with Gasteiger partial charge in [0.25, 0.3) is 0 Å². The number of hydrogen-bond donors (Lipinski definition) is 3. The first kappa shape index (κ1) is 10.2. The lowest BCUT2D eigenvalue weighted by atomic mass is 10.0. The quantitative estimate of drug-likeness (QED) is 0.493. The minimum atomic E-state index is -3.13. The van der Waals surface area contributed by atoms with Gasteiger partial charge in [-0.2, -0.15) is 0 Å². The summed E-state index contributed by atoms with van der Waals surface area (Å²) < 4.78 is 91.0. The van der Waals surface area contributed by atoms with E-state index in [-0.39, 0.29) is 16.4 Å². The summed E-state index contributed by atoms with van der Waals surface area (Å²) in [5.41, 5.74) is 3.66. The van der Waals surface area contributed by atoms with Crippen molar-refractivity contribution in [1.29, 1.82) is 0 Å². The van der Waals surface area contributed by atoms with Crippen molar-refractivity contribution >= 4 is 28.1 Å². The Morgan fingerprint density at radius 2 is 2.07 bits per heavy atom. The SMILES string of the molecule is [2H]c1c([2H])c(C([2H])([2H])C([2H])([2H])CC[C@]([2H])(O)c2ccccc2)c([2H])c([2H])c1NC(=O)C([2H])([2H])c1csc(N)n1. The van der Waals surface area contributed by atoms with Gasteiger partial charge in [0.2, 0.25) is 5.91 Å². The van der Waals surface area contributed by atoms with Gasteiger partial charge in [0, 0.05) is 19.3 Å². The van der Waals surface area contributed by atoms with Gasteiger partial charge >= 0.3 is 0 Å². The number of benzene rings is 2. The Morgan fingerprint density at radius 1 is 1.32 bits per heavy atom. The topological polar surface area (TPSA) is 88.2 Å². The van der Waals surface area contributed by atoms with Gasteiger partial charge in [-0.05, 0) is 42.4 Å². The number of nitrogen functional groups attached to an aromatic ring is 1. The third-order valence-corrected chi connectivity index (χ3v) is 4.11. The molecule has 0 aliphatic heterocycles. The number of aliphatic hydroxyl groups is 1. The molecule has 0 aliphatic carbocycles. The van der Waals surface area contributed by atoms with Crippen molar-refractivity contribution < 1.29 is 25.0 Å². The number of rotatable bonds is 9. The van der Waals surface area contributed by atoms with E-state index < -0.39 is 79.4 Å². The summed E-state index contributed by atoms with van der Waals surface area (Å²) in [7, 11) is 0. The molecular weight excluding hydrogens is 370 g/mol. The Hall–Kier alpha value is -2.70. The molecule has 2 aromatic carbocycles. The van der Waals surface area contributed by atoms with E-state index in [1.165, 1.54) is 17.5 Å². The number of hydrogen-bond acceptors (Lipinski definition) is 5. The minimum absolute atomic E-state index is 0.000550. The molecule has 1 amide bonds. The number of nitrogens with zero attached hydrogens (tertiary/aromatic N) is 1. The highest BCUT2D eigenvalue weighted by molar-refractivity contribution is 7.13. The van der Waals surface area contributed by atoms with Gasteiger partial charge in [-0.15, -0.1) is 11.3 Å². The van der Waals surface area contributed by atoms with Crippen LogP contribution in [0.15, 0.2) is 59.9 Å². The second-order valence-electron chi connectivity index (χ2n) is 5.51. The van der Waals surface area contributed by atoms with Crippen molar-refractivity contribution in [2.24, 2.45) is 0 Å². The minimum Gasteiger partial charge on any atom is -0.388 e. The summed E-state index contributed by atoms with van der Waals surface area (Å²) >= 11 is 0.885. The molecule has 3 rings (SSSR count). The number of nitrogens with two attached hydrogens (primary N) is 1. The van der Waals surface area contributed by atoms with Gasteiger partial charge in [0.1, 0.15) is 0 Å². The molecule has 3 aromatic rings. The molecule has 0 aliphatic rings. The van der Waals surface area contributed by atoms with E-state index in [9.17, 15) is 9.90 Å². The van der Waals surface area contributed by atoms with Crippen LogP contribution in [0.25, 0.3) is 0 Å². The summed E-state index contributed by atoms with van der Waals surface area (Å²) in [4.78, 5) is 16.4. The maximum absolute atomic E-state index is 12.7. The Labute approximate surface area is 184 Å². The van der Waals surface area contributed by atoms with E-state index in [0.29, 0.717) is 0 Å². The fraction of sp³-hybridized carbons (Fsp3) is 0.273. The van der Waals surface area contributed by atoms with Crippen molar-refractivity contribution in [3.05, 3.63) is 76.7 Å². The molecule has 5 nitrogen and oxygen atoms in total. The van der Waals surface area contributed by atoms with Crippen molar-refractivity contribution in [1.82, 2.24) is 4.98 Å². The molecule has 0 spiro atoms. The number of carbonyl (C=O) groups is 1. The highest BCUT2D eigenvalue weighted by atomic mass is 32.1. The fourth-order valence-corrected chi connectivity index (χ4v) is 2.65. The molecule has 0 unspecified atom stereocenters. The zero-order valence-electron chi connectivity index (χ0n) is 25.7. The van der Waals surface area contributed by atoms with E-state index in [2.05, 4.69) is 4.98 Å². The lowest BCUT2D eigenvalue weighted by Gasteiger charge is -2.10. The second-order valence-corrected chi connectivity index (χ2v) is 6.40. The molecule has 1 atom stereocenters. The standard InChI is InChI=1S/C22H25N3O2S/c23-22-25-19(15-28-22)14-21(27)24-18-12-10-16(11-13-18)6-4-5-9-20(26)17-7-2-1-3-8-17/h1-3,7-8,10-13,15,20,26H,4-6,9,14H2,(H2,23,25)(H,24,27)/t20-/m0/s1/i4D2,6D2,10D,11D,12D,13D,14D2,20D. The number of nitrogens with one attached hydrogen (secondary N) is 1. The Balaban J connectivity index is 1.94.